The second kappa shape index (κ2) is 4.73. The molecule has 0 spiro atoms. The lowest BCUT2D eigenvalue weighted by Crippen LogP contribution is -2.34. The number of nitrogens with zero attached hydrogens (tertiary/aromatic N) is 3. The maximum atomic E-state index is 12.1. The van der Waals surface area contributed by atoms with E-state index in [0.717, 1.165) is 10.5 Å². The number of pyridine rings is 2. The molecule has 0 aliphatic carbocycles. The molecule has 1 aliphatic rings. The van der Waals surface area contributed by atoms with Crippen molar-refractivity contribution < 1.29 is 9.59 Å². The number of aromatic nitrogens is 2. The zero-order chi connectivity index (χ0) is 14.1. The van der Waals surface area contributed by atoms with Gasteiger partial charge in [-0.1, -0.05) is 6.07 Å². The number of carbonyl (C=O) groups is 2. The Hall–Kier alpha value is -2.76. The maximum absolute atomic E-state index is 12.1. The molecule has 2 aromatic heterocycles. The molecule has 0 bridgehead atoms. The van der Waals surface area contributed by atoms with Crippen LogP contribution in [-0.4, -0.2) is 33.4 Å². The van der Waals surface area contributed by atoms with Gasteiger partial charge in [0.2, 0.25) is 0 Å². The molecule has 6 heteroatoms. The lowest BCUT2D eigenvalue weighted by atomic mass is 10.2. The van der Waals surface area contributed by atoms with Crippen molar-refractivity contribution in [2.45, 2.75) is 6.92 Å². The first-order chi connectivity index (χ1) is 9.66. The summed E-state index contributed by atoms with van der Waals surface area (Å²) < 4.78 is 0. The molecule has 3 rings (SSSR count). The standard InChI is InChI=1S/C14H12N4O2/c1-9-4-5-11(16-7-9)17-8-18-13(19)10-3-2-6-15-12(10)14(18)20/h2-7H,8H2,1H3,(H,16,17). The van der Waals surface area contributed by atoms with E-state index in [4.69, 9.17) is 0 Å². The number of aryl methyl sites for hydroxylation is 1. The van der Waals surface area contributed by atoms with Gasteiger partial charge in [-0.05, 0) is 30.7 Å². The number of rotatable bonds is 3. The highest BCUT2D eigenvalue weighted by Crippen LogP contribution is 2.20. The SMILES string of the molecule is Cc1ccc(NCN2C(=O)c3cccnc3C2=O)nc1. The lowest BCUT2D eigenvalue weighted by Gasteiger charge is -2.14. The largest absolute Gasteiger partial charge is 0.352 e. The summed E-state index contributed by atoms with van der Waals surface area (Å²) in [5.74, 6) is -0.108. The molecule has 0 atom stereocenters. The first kappa shape index (κ1) is 12.3. The fraction of sp³-hybridized carbons (Fsp3) is 0.143. The van der Waals surface area contributed by atoms with Crippen molar-refractivity contribution in [1.29, 1.82) is 0 Å². The van der Waals surface area contributed by atoms with E-state index in [2.05, 4.69) is 15.3 Å². The summed E-state index contributed by atoms with van der Waals surface area (Å²) in [6, 6.07) is 6.94. The molecule has 2 amide bonds. The van der Waals surface area contributed by atoms with Crippen molar-refractivity contribution in [3.05, 3.63) is 53.5 Å². The number of anilines is 1. The summed E-state index contributed by atoms with van der Waals surface area (Å²) in [4.78, 5) is 33.4. The Morgan fingerprint density at radius 1 is 1.15 bits per heavy atom. The molecular formula is C14H12N4O2. The van der Waals surface area contributed by atoms with Crippen LogP contribution in [0.2, 0.25) is 0 Å². The van der Waals surface area contributed by atoms with Crippen molar-refractivity contribution >= 4 is 17.6 Å². The molecule has 1 aliphatic heterocycles. The van der Waals surface area contributed by atoms with Gasteiger partial charge in [0.25, 0.3) is 11.8 Å². The molecular weight excluding hydrogens is 256 g/mol. The van der Waals surface area contributed by atoms with Crippen LogP contribution in [-0.2, 0) is 0 Å². The lowest BCUT2D eigenvalue weighted by molar-refractivity contribution is 0.0664. The monoisotopic (exact) mass is 268 g/mol. The Kier molecular flexibility index (Phi) is 2.90. The van der Waals surface area contributed by atoms with Crippen LogP contribution in [0.3, 0.4) is 0 Å². The highest BCUT2D eigenvalue weighted by atomic mass is 16.2. The van der Waals surface area contributed by atoms with Gasteiger partial charge in [-0.2, -0.15) is 0 Å². The summed E-state index contributed by atoms with van der Waals surface area (Å²) in [7, 11) is 0. The fourth-order valence-electron chi connectivity index (χ4n) is 1.99. The Morgan fingerprint density at radius 3 is 2.70 bits per heavy atom. The van der Waals surface area contributed by atoms with Crippen LogP contribution < -0.4 is 5.32 Å². The molecule has 0 saturated heterocycles. The topological polar surface area (TPSA) is 75.2 Å². The van der Waals surface area contributed by atoms with Crippen LogP contribution in [0.5, 0.6) is 0 Å². The summed E-state index contributed by atoms with van der Waals surface area (Å²) in [6.45, 7) is 2.01. The normalized spacial score (nSPS) is 13.6. The fourth-order valence-corrected chi connectivity index (χ4v) is 1.99. The Bertz CT molecular complexity index is 647. The van der Waals surface area contributed by atoms with Crippen LogP contribution in [0.4, 0.5) is 5.82 Å². The summed E-state index contributed by atoms with van der Waals surface area (Å²) in [5, 5.41) is 2.95. The van der Waals surface area contributed by atoms with Crippen LogP contribution in [0, 0.1) is 6.92 Å². The molecule has 0 saturated carbocycles. The first-order valence-electron chi connectivity index (χ1n) is 6.14. The summed E-state index contributed by atoms with van der Waals surface area (Å²) in [6.07, 6.45) is 3.22. The third-order valence-corrected chi connectivity index (χ3v) is 3.06. The van der Waals surface area contributed by atoms with Crippen molar-refractivity contribution in [3.8, 4) is 0 Å². The molecule has 0 aromatic carbocycles. The van der Waals surface area contributed by atoms with Crippen LogP contribution in [0.1, 0.15) is 26.4 Å². The molecule has 0 radical (unpaired) electrons. The van der Waals surface area contributed by atoms with E-state index < -0.39 is 0 Å². The number of nitrogens with one attached hydrogen (secondary N) is 1. The van der Waals surface area contributed by atoms with Gasteiger partial charge in [0.05, 0.1) is 12.2 Å². The molecule has 20 heavy (non-hydrogen) atoms. The number of imide groups is 1. The molecule has 0 fully saturated rings. The minimum absolute atomic E-state index is 0.0735. The third-order valence-electron chi connectivity index (χ3n) is 3.06. The highest BCUT2D eigenvalue weighted by molar-refractivity contribution is 6.20. The van der Waals surface area contributed by atoms with Gasteiger partial charge in [-0.3, -0.25) is 19.5 Å². The minimum Gasteiger partial charge on any atom is -0.352 e. The van der Waals surface area contributed by atoms with E-state index in [1.165, 1.54) is 6.20 Å². The Morgan fingerprint density at radius 2 is 2.00 bits per heavy atom. The van der Waals surface area contributed by atoms with Crippen molar-refractivity contribution in [1.82, 2.24) is 14.9 Å². The van der Waals surface area contributed by atoms with E-state index in [1.54, 1.807) is 24.4 Å². The average Bonchev–Trinajstić information content (AvgIpc) is 2.71. The second-order valence-electron chi connectivity index (χ2n) is 4.49. The van der Waals surface area contributed by atoms with Crippen LogP contribution in [0.15, 0.2) is 36.7 Å². The number of fused-ring (bicyclic) bond motifs is 1. The van der Waals surface area contributed by atoms with Crippen LogP contribution in [0.25, 0.3) is 0 Å². The summed E-state index contributed by atoms with van der Waals surface area (Å²) in [5.41, 5.74) is 1.59. The predicted octanol–water partition coefficient (Wildman–Crippen LogP) is 1.45. The quantitative estimate of drug-likeness (QED) is 0.853. The smallest absolute Gasteiger partial charge is 0.281 e. The van der Waals surface area contributed by atoms with Gasteiger partial charge in [0.1, 0.15) is 11.5 Å². The van der Waals surface area contributed by atoms with Gasteiger partial charge < -0.3 is 5.32 Å². The van der Waals surface area contributed by atoms with E-state index in [-0.39, 0.29) is 24.2 Å². The van der Waals surface area contributed by atoms with E-state index in [0.29, 0.717) is 11.4 Å². The Labute approximate surface area is 115 Å². The van der Waals surface area contributed by atoms with Crippen molar-refractivity contribution in [2.24, 2.45) is 0 Å². The zero-order valence-corrected chi connectivity index (χ0v) is 10.8. The molecule has 0 unspecified atom stereocenters. The van der Waals surface area contributed by atoms with Gasteiger partial charge in [-0.25, -0.2) is 4.98 Å². The minimum atomic E-state index is -0.384. The van der Waals surface area contributed by atoms with Gasteiger partial charge in [0.15, 0.2) is 0 Å². The molecule has 3 heterocycles. The number of hydrogen-bond acceptors (Lipinski definition) is 5. The number of carbonyl (C=O) groups excluding carboxylic acids is 2. The van der Waals surface area contributed by atoms with E-state index in [1.807, 2.05) is 13.0 Å². The van der Waals surface area contributed by atoms with E-state index >= 15 is 0 Å². The van der Waals surface area contributed by atoms with Gasteiger partial charge in [0, 0.05) is 12.4 Å². The summed E-state index contributed by atoms with van der Waals surface area (Å²) >= 11 is 0. The predicted molar refractivity (Wildman–Crippen MR) is 72.2 cm³/mol. The first-order valence-corrected chi connectivity index (χ1v) is 6.14. The van der Waals surface area contributed by atoms with Gasteiger partial charge >= 0.3 is 0 Å². The van der Waals surface area contributed by atoms with E-state index in [9.17, 15) is 9.59 Å². The third kappa shape index (κ3) is 2.01. The Balaban J connectivity index is 1.75. The van der Waals surface area contributed by atoms with Crippen molar-refractivity contribution in [3.63, 3.8) is 0 Å². The van der Waals surface area contributed by atoms with Crippen LogP contribution >= 0.6 is 0 Å². The zero-order valence-electron chi connectivity index (χ0n) is 10.8. The highest BCUT2D eigenvalue weighted by Gasteiger charge is 2.36. The average molecular weight is 268 g/mol. The molecule has 1 N–H and O–H groups in total. The number of amides is 2. The number of hydrogen-bond donors (Lipinski definition) is 1. The molecule has 2 aromatic rings. The molecule has 6 nitrogen and oxygen atoms in total. The maximum Gasteiger partial charge on any atom is 0.281 e. The van der Waals surface area contributed by atoms with Crippen molar-refractivity contribution in [2.75, 3.05) is 12.0 Å². The second-order valence-corrected chi connectivity index (χ2v) is 4.49. The van der Waals surface area contributed by atoms with Gasteiger partial charge in [-0.15, -0.1) is 0 Å². The molecule has 100 valence electrons.